The van der Waals surface area contributed by atoms with Gasteiger partial charge in [0.1, 0.15) is 5.70 Å². The van der Waals surface area contributed by atoms with E-state index >= 15 is 0 Å². The molecule has 0 unspecified atom stereocenters. The summed E-state index contributed by atoms with van der Waals surface area (Å²) in [5, 5.41) is 2.94. The van der Waals surface area contributed by atoms with Crippen molar-refractivity contribution in [2.45, 2.75) is 13.2 Å². The van der Waals surface area contributed by atoms with Gasteiger partial charge in [0.05, 0.1) is 0 Å². The Morgan fingerprint density at radius 3 is 2.64 bits per heavy atom. The van der Waals surface area contributed by atoms with Gasteiger partial charge in [0.25, 0.3) is 0 Å². The number of cyclic esters (lactones) is 1. The number of carbonyl (C=O) groups excluding carboxylic acids is 1. The summed E-state index contributed by atoms with van der Waals surface area (Å²) in [4.78, 5) is 11.2. The highest BCUT2D eigenvalue weighted by atomic mass is 16.6. The monoisotopic (exact) mass is 189 g/mol. The Bertz CT molecular complexity index is 370. The molecule has 0 spiro atoms. The standard InChI is InChI=1S/C11H11NO2/c1-8-12-10(11(13)14-8)7-9-5-3-2-4-6-9/h2-8,12H,1H3/b10-7-/t8-/m0/s1. The summed E-state index contributed by atoms with van der Waals surface area (Å²) in [5.41, 5.74) is 1.50. The number of nitrogens with one attached hydrogen (secondary N) is 1. The van der Waals surface area contributed by atoms with Gasteiger partial charge in [-0.3, -0.25) is 0 Å². The zero-order chi connectivity index (χ0) is 9.97. The molecule has 1 N–H and O–H groups in total. The maximum atomic E-state index is 11.2. The Hall–Kier alpha value is -1.77. The summed E-state index contributed by atoms with van der Waals surface area (Å²) in [5.74, 6) is -0.290. The fourth-order valence-electron chi connectivity index (χ4n) is 1.35. The highest BCUT2D eigenvalue weighted by Gasteiger charge is 2.23. The molecule has 1 saturated heterocycles. The van der Waals surface area contributed by atoms with Crippen LogP contribution in [0.2, 0.25) is 0 Å². The molecule has 3 nitrogen and oxygen atoms in total. The molecule has 1 aromatic carbocycles. The van der Waals surface area contributed by atoms with E-state index in [0.29, 0.717) is 5.70 Å². The normalized spacial score (nSPS) is 23.4. The molecule has 14 heavy (non-hydrogen) atoms. The molecule has 0 aromatic heterocycles. The van der Waals surface area contributed by atoms with Crippen LogP contribution in [0.1, 0.15) is 12.5 Å². The minimum absolute atomic E-state index is 0.225. The molecule has 3 heteroatoms. The zero-order valence-electron chi connectivity index (χ0n) is 7.86. The molecule has 1 aromatic rings. The average molecular weight is 189 g/mol. The van der Waals surface area contributed by atoms with Gasteiger partial charge in [0, 0.05) is 0 Å². The maximum Gasteiger partial charge on any atom is 0.356 e. The summed E-state index contributed by atoms with van der Waals surface area (Å²) >= 11 is 0. The lowest BCUT2D eigenvalue weighted by Crippen LogP contribution is -2.16. The number of carbonyl (C=O) groups is 1. The maximum absolute atomic E-state index is 11.2. The molecule has 1 atom stereocenters. The first-order valence-corrected chi connectivity index (χ1v) is 4.50. The third-order valence-electron chi connectivity index (χ3n) is 1.97. The van der Waals surface area contributed by atoms with Crippen molar-refractivity contribution in [2.75, 3.05) is 0 Å². The Morgan fingerprint density at radius 1 is 1.36 bits per heavy atom. The van der Waals surface area contributed by atoms with E-state index in [2.05, 4.69) is 5.32 Å². The van der Waals surface area contributed by atoms with Crippen LogP contribution in [0.4, 0.5) is 0 Å². The molecule has 2 rings (SSSR count). The summed E-state index contributed by atoms with van der Waals surface area (Å²) in [6, 6.07) is 9.66. The van der Waals surface area contributed by atoms with Gasteiger partial charge in [0.15, 0.2) is 6.23 Å². The molecule has 0 bridgehead atoms. The lowest BCUT2D eigenvalue weighted by atomic mass is 10.2. The van der Waals surface area contributed by atoms with Crippen molar-refractivity contribution in [1.29, 1.82) is 0 Å². The number of hydrogen-bond donors (Lipinski definition) is 1. The van der Waals surface area contributed by atoms with Gasteiger partial charge in [-0.15, -0.1) is 0 Å². The number of ether oxygens (including phenoxy) is 1. The molecule has 0 saturated carbocycles. The van der Waals surface area contributed by atoms with E-state index in [9.17, 15) is 4.79 Å². The predicted octanol–water partition coefficient (Wildman–Crippen LogP) is 1.52. The average Bonchev–Trinajstić information content (AvgIpc) is 2.47. The fraction of sp³-hybridized carbons (Fsp3) is 0.182. The van der Waals surface area contributed by atoms with Crippen molar-refractivity contribution in [2.24, 2.45) is 0 Å². The lowest BCUT2D eigenvalue weighted by Gasteiger charge is -1.98. The van der Waals surface area contributed by atoms with E-state index < -0.39 is 0 Å². The minimum Gasteiger partial charge on any atom is -0.437 e. The van der Waals surface area contributed by atoms with Crippen molar-refractivity contribution in [3.8, 4) is 0 Å². The summed E-state index contributed by atoms with van der Waals surface area (Å²) in [7, 11) is 0. The lowest BCUT2D eigenvalue weighted by molar-refractivity contribution is -0.138. The molecule has 0 amide bonds. The second kappa shape index (κ2) is 3.54. The molecule has 1 aliphatic heterocycles. The third-order valence-corrected chi connectivity index (χ3v) is 1.97. The zero-order valence-corrected chi connectivity index (χ0v) is 7.86. The predicted molar refractivity (Wildman–Crippen MR) is 53.1 cm³/mol. The topological polar surface area (TPSA) is 38.3 Å². The molecular formula is C11H11NO2. The Kier molecular flexibility index (Phi) is 2.23. The van der Waals surface area contributed by atoms with E-state index in [1.54, 1.807) is 13.0 Å². The van der Waals surface area contributed by atoms with E-state index in [4.69, 9.17) is 4.74 Å². The minimum atomic E-state index is -0.290. The van der Waals surface area contributed by atoms with Gasteiger partial charge in [0.2, 0.25) is 0 Å². The first kappa shape index (κ1) is 8.81. The van der Waals surface area contributed by atoms with Crippen molar-refractivity contribution >= 4 is 12.0 Å². The van der Waals surface area contributed by atoms with E-state index in [-0.39, 0.29) is 12.2 Å². The van der Waals surface area contributed by atoms with E-state index in [1.807, 2.05) is 30.3 Å². The van der Waals surface area contributed by atoms with Crippen LogP contribution < -0.4 is 5.32 Å². The Morgan fingerprint density at radius 2 is 2.07 bits per heavy atom. The highest BCUT2D eigenvalue weighted by Crippen LogP contribution is 2.12. The van der Waals surface area contributed by atoms with Crippen LogP contribution in [-0.2, 0) is 9.53 Å². The quantitative estimate of drug-likeness (QED) is 0.537. The molecule has 1 heterocycles. The largest absolute Gasteiger partial charge is 0.437 e. The third kappa shape index (κ3) is 1.76. The van der Waals surface area contributed by atoms with Crippen LogP contribution in [0.3, 0.4) is 0 Å². The SMILES string of the molecule is C[C@H]1N/C(=C\c2ccccc2)C(=O)O1. The Balaban J connectivity index is 2.23. The summed E-state index contributed by atoms with van der Waals surface area (Å²) < 4.78 is 4.93. The summed E-state index contributed by atoms with van der Waals surface area (Å²) in [6.07, 6.45) is 1.56. The highest BCUT2D eigenvalue weighted by molar-refractivity contribution is 5.94. The number of esters is 1. The first-order valence-electron chi connectivity index (χ1n) is 4.50. The molecule has 72 valence electrons. The number of rotatable bonds is 1. The van der Waals surface area contributed by atoms with Gasteiger partial charge in [-0.2, -0.15) is 0 Å². The Labute approximate surface area is 82.4 Å². The molecule has 0 aliphatic carbocycles. The second-order valence-electron chi connectivity index (χ2n) is 3.16. The molecule has 1 aliphatic rings. The van der Waals surface area contributed by atoms with E-state index in [0.717, 1.165) is 5.56 Å². The smallest absolute Gasteiger partial charge is 0.356 e. The van der Waals surface area contributed by atoms with Crippen LogP contribution >= 0.6 is 0 Å². The van der Waals surface area contributed by atoms with E-state index in [1.165, 1.54) is 0 Å². The first-order chi connectivity index (χ1) is 6.75. The van der Waals surface area contributed by atoms with Gasteiger partial charge in [-0.1, -0.05) is 30.3 Å². The molecule has 0 radical (unpaired) electrons. The van der Waals surface area contributed by atoms with Crippen LogP contribution in [-0.4, -0.2) is 12.2 Å². The van der Waals surface area contributed by atoms with Crippen LogP contribution in [0.25, 0.3) is 6.08 Å². The van der Waals surface area contributed by atoms with Crippen molar-refractivity contribution < 1.29 is 9.53 Å². The number of benzene rings is 1. The van der Waals surface area contributed by atoms with Crippen molar-refractivity contribution in [1.82, 2.24) is 5.32 Å². The van der Waals surface area contributed by atoms with Crippen LogP contribution in [0.5, 0.6) is 0 Å². The molecule has 1 fully saturated rings. The second-order valence-corrected chi connectivity index (χ2v) is 3.16. The van der Waals surface area contributed by atoms with Crippen molar-refractivity contribution in [3.63, 3.8) is 0 Å². The number of hydrogen-bond acceptors (Lipinski definition) is 3. The van der Waals surface area contributed by atoms with Gasteiger partial charge in [-0.05, 0) is 18.6 Å². The summed E-state index contributed by atoms with van der Waals surface area (Å²) in [6.45, 7) is 1.80. The van der Waals surface area contributed by atoms with Crippen LogP contribution in [0, 0.1) is 0 Å². The van der Waals surface area contributed by atoms with Gasteiger partial charge >= 0.3 is 5.97 Å². The van der Waals surface area contributed by atoms with Crippen molar-refractivity contribution in [3.05, 3.63) is 41.6 Å². The fourth-order valence-corrected chi connectivity index (χ4v) is 1.35. The van der Waals surface area contributed by atoms with Crippen LogP contribution in [0.15, 0.2) is 36.0 Å². The molecular weight excluding hydrogens is 178 g/mol. The van der Waals surface area contributed by atoms with Gasteiger partial charge < -0.3 is 10.1 Å². The van der Waals surface area contributed by atoms with Gasteiger partial charge in [-0.25, -0.2) is 4.79 Å².